The van der Waals surface area contributed by atoms with Gasteiger partial charge in [-0.2, -0.15) is 0 Å². The molecule has 0 amide bonds. The molecule has 110 valence electrons. The standard InChI is InChI=1S/C14H20FN3O2/c1-10-4-5-17(9-12(10)7-16)8-11-6-13(15)2-3-14(11)18(19)20/h2-3,6,10,12H,4-5,7-9,16H2,1H3. The first-order valence-corrected chi connectivity index (χ1v) is 6.86. The third kappa shape index (κ3) is 3.32. The summed E-state index contributed by atoms with van der Waals surface area (Å²) in [6.45, 7) is 4.87. The number of piperidine rings is 1. The molecule has 0 saturated carbocycles. The van der Waals surface area contributed by atoms with Crippen molar-refractivity contribution in [1.82, 2.24) is 4.90 Å². The highest BCUT2D eigenvalue weighted by atomic mass is 19.1. The molecule has 1 saturated heterocycles. The fourth-order valence-corrected chi connectivity index (χ4v) is 2.77. The number of rotatable bonds is 4. The minimum Gasteiger partial charge on any atom is -0.330 e. The van der Waals surface area contributed by atoms with E-state index in [0.29, 0.717) is 30.5 Å². The lowest BCUT2D eigenvalue weighted by molar-refractivity contribution is -0.385. The van der Waals surface area contributed by atoms with E-state index in [1.165, 1.54) is 12.1 Å². The van der Waals surface area contributed by atoms with E-state index in [4.69, 9.17) is 5.73 Å². The predicted octanol–water partition coefficient (Wildman–Crippen LogP) is 2.15. The van der Waals surface area contributed by atoms with E-state index in [0.717, 1.165) is 25.6 Å². The van der Waals surface area contributed by atoms with Crippen LogP contribution in [0.15, 0.2) is 18.2 Å². The van der Waals surface area contributed by atoms with Gasteiger partial charge in [0.05, 0.1) is 4.92 Å². The number of benzene rings is 1. The summed E-state index contributed by atoms with van der Waals surface area (Å²) in [5.74, 6) is 0.529. The van der Waals surface area contributed by atoms with Gasteiger partial charge in [-0.1, -0.05) is 6.92 Å². The summed E-state index contributed by atoms with van der Waals surface area (Å²) in [7, 11) is 0. The van der Waals surface area contributed by atoms with Gasteiger partial charge in [-0.05, 0) is 43.5 Å². The third-order valence-corrected chi connectivity index (χ3v) is 4.13. The highest BCUT2D eigenvalue weighted by Gasteiger charge is 2.26. The van der Waals surface area contributed by atoms with E-state index in [1.54, 1.807) is 0 Å². The Morgan fingerprint density at radius 2 is 2.30 bits per heavy atom. The number of likely N-dealkylation sites (tertiary alicyclic amines) is 1. The smallest absolute Gasteiger partial charge is 0.274 e. The van der Waals surface area contributed by atoms with Crippen LogP contribution in [0.3, 0.4) is 0 Å². The van der Waals surface area contributed by atoms with Gasteiger partial charge in [-0.3, -0.25) is 15.0 Å². The van der Waals surface area contributed by atoms with Gasteiger partial charge in [0.1, 0.15) is 5.82 Å². The van der Waals surface area contributed by atoms with Crippen LogP contribution in [-0.4, -0.2) is 29.5 Å². The molecule has 5 nitrogen and oxygen atoms in total. The van der Waals surface area contributed by atoms with Crippen molar-refractivity contribution in [3.05, 3.63) is 39.7 Å². The van der Waals surface area contributed by atoms with Gasteiger partial charge < -0.3 is 5.73 Å². The Morgan fingerprint density at radius 3 is 2.95 bits per heavy atom. The van der Waals surface area contributed by atoms with Crippen molar-refractivity contribution in [3.63, 3.8) is 0 Å². The molecule has 1 aliphatic rings. The molecule has 2 atom stereocenters. The van der Waals surface area contributed by atoms with Crippen molar-refractivity contribution in [2.75, 3.05) is 19.6 Å². The number of hydrogen-bond acceptors (Lipinski definition) is 4. The topological polar surface area (TPSA) is 72.4 Å². The minimum atomic E-state index is -0.457. The van der Waals surface area contributed by atoms with Crippen LogP contribution >= 0.6 is 0 Å². The zero-order valence-electron chi connectivity index (χ0n) is 11.6. The van der Waals surface area contributed by atoms with Crippen LogP contribution in [-0.2, 0) is 6.54 Å². The first-order valence-electron chi connectivity index (χ1n) is 6.86. The van der Waals surface area contributed by atoms with Crippen molar-refractivity contribution in [3.8, 4) is 0 Å². The summed E-state index contributed by atoms with van der Waals surface area (Å²) >= 11 is 0. The van der Waals surface area contributed by atoms with Crippen molar-refractivity contribution in [2.45, 2.75) is 19.9 Å². The molecule has 0 aromatic heterocycles. The molecular weight excluding hydrogens is 261 g/mol. The van der Waals surface area contributed by atoms with E-state index in [1.807, 2.05) is 0 Å². The maximum atomic E-state index is 13.3. The first-order chi connectivity index (χ1) is 9.51. The Bertz CT molecular complexity index is 495. The number of nitro benzene ring substituents is 1. The molecule has 2 unspecified atom stereocenters. The van der Waals surface area contributed by atoms with Gasteiger partial charge in [0.15, 0.2) is 0 Å². The summed E-state index contributed by atoms with van der Waals surface area (Å²) in [4.78, 5) is 12.7. The van der Waals surface area contributed by atoms with Crippen LogP contribution in [0, 0.1) is 27.8 Å². The molecule has 1 fully saturated rings. The molecule has 1 aromatic rings. The average molecular weight is 281 g/mol. The largest absolute Gasteiger partial charge is 0.330 e. The van der Waals surface area contributed by atoms with Crippen LogP contribution in [0.25, 0.3) is 0 Å². The van der Waals surface area contributed by atoms with Crippen LogP contribution in [0.2, 0.25) is 0 Å². The number of halogens is 1. The Balaban J connectivity index is 2.13. The van der Waals surface area contributed by atoms with E-state index in [-0.39, 0.29) is 5.69 Å². The highest BCUT2D eigenvalue weighted by molar-refractivity contribution is 5.40. The lowest BCUT2D eigenvalue weighted by Gasteiger charge is -2.36. The number of nitrogens with two attached hydrogens (primary N) is 1. The molecule has 0 spiro atoms. The van der Waals surface area contributed by atoms with Crippen molar-refractivity contribution < 1.29 is 9.31 Å². The lowest BCUT2D eigenvalue weighted by atomic mass is 9.87. The SMILES string of the molecule is CC1CCN(Cc2cc(F)ccc2[N+](=O)[O-])CC1CN. The molecule has 1 aliphatic heterocycles. The van der Waals surface area contributed by atoms with Crippen LogP contribution < -0.4 is 5.73 Å². The third-order valence-electron chi connectivity index (χ3n) is 4.13. The Labute approximate surface area is 117 Å². The predicted molar refractivity (Wildman–Crippen MR) is 74.7 cm³/mol. The summed E-state index contributed by atoms with van der Waals surface area (Å²) in [5.41, 5.74) is 6.17. The minimum absolute atomic E-state index is 0.0191. The number of hydrogen-bond donors (Lipinski definition) is 1. The second kappa shape index (κ2) is 6.28. The van der Waals surface area contributed by atoms with Gasteiger partial charge in [0.25, 0.3) is 5.69 Å². The van der Waals surface area contributed by atoms with Crippen molar-refractivity contribution in [2.24, 2.45) is 17.6 Å². The maximum Gasteiger partial charge on any atom is 0.274 e. The fourth-order valence-electron chi connectivity index (χ4n) is 2.77. The Hall–Kier alpha value is -1.53. The molecule has 6 heteroatoms. The molecule has 1 heterocycles. The highest BCUT2D eigenvalue weighted by Crippen LogP contribution is 2.26. The molecule has 0 bridgehead atoms. The van der Waals surface area contributed by atoms with Gasteiger partial charge in [-0.15, -0.1) is 0 Å². The van der Waals surface area contributed by atoms with E-state index in [9.17, 15) is 14.5 Å². The molecule has 1 aromatic carbocycles. The number of nitrogens with zero attached hydrogens (tertiary/aromatic N) is 2. The summed E-state index contributed by atoms with van der Waals surface area (Å²) in [5, 5.41) is 11.0. The van der Waals surface area contributed by atoms with Crippen molar-refractivity contribution in [1.29, 1.82) is 0 Å². The molecule has 0 radical (unpaired) electrons. The quantitative estimate of drug-likeness (QED) is 0.678. The zero-order valence-corrected chi connectivity index (χ0v) is 11.6. The fraction of sp³-hybridized carbons (Fsp3) is 0.571. The average Bonchev–Trinajstić information content (AvgIpc) is 2.40. The maximum absolute atomic E-state index is 13.3. The summed E-state index contributed by atoms with van der Waals surface area (Å²) in [6.07, 6.45) is 1.02. The van der Waals surface area contributed by atoms with Crippen LogP contribution in [0.1, 0.15) is 18.9 Å². The van der Waals surface area contributed by atoms with Gasteiger partial charge >= 0.3 is 0 Å². The van der Waals surface area contributed by atoms with Crippen LogP contribution in [0.5, 0.6) is 0 Å². The summed E-state index contributed by atoms with van der Waals surface area (Å²) < 4.78 is 13.3. The second-order valence-corrected chi connectivity index (χ2v) is 5.53. The van der Waals surface area contributed by atoms with Gasteiger partial charge in [0, 0.05) is 24.7 Å². The zero-order chi connectivity index (χ0) is 14.7. The molecule has 2 N–H and O–H groups in total. The van der Waals surface area contributed by atoms with Gasteiger partial charge in [0.2, 0.25) is 0 Å². The van der Waals surface area contributed by atoms with E-state index in [2.05, 4.69) is 11.8 Å². The van der Waals surface area contributed by atoms with Crippen molar-refractivity contribution >= 4 is 5.69 Å². The van der Waals surface area contributed by atoms with E-state index >= 15 is 0 Å². The van der Waals surface area contributed by atoms with Crippen LogP contribution in [0.4, 0.5) is 10.1 Å². The monoisotopic (exact) mass is 281 g/mol. The van der Waals surface area contributed by atoms with E-state index < -0.39 is 10.7 Å². The molecular formula is C14H20FN3O2. The first kappa shape index (κ1) is 14.9. The number of nitro groups is 1. The lowest BCUT2D eigenvalue weighted by Crippen LogP contribution is -2.42. The Morgan fingerprint density at radius 1 is 1.55 bits per heavy atom. The van der Waals surface area contributed by atoms with Gasteiger partial charge in [-0.25, -0.2) is 4.39 Å². The molecule has 0 aliphatic carbocycles. The second-order valence-electron chi connectivity index (χ2n) is 5.53. The normalized spacial score (nSPS) is 23.8. The molecule has 20 heavy (non-hydrogen) atoms. The Kier molecular flexibility index (Phi) is 4.67. The summed E-state index contributed by atoms with van der Waals surface area (Å²) in [6, 6.07) is 3.62. The molecule has 2 rings (SSSR count).